The summed E-state index contributed by atoms with van der Waals surface area (Å²) < 4.78 is 47.2. The van der Waals surface area contributed by atoms with Crippen LogP contribution in [-0.2, 0) is 11.0 Å². The van der Waals surface area contributed by atoms with Gasteiger partial charge in [0.15, 0.2) is 12.0 Å². The number of alkyl halides is 3. The van der Waals surface area contributed by atoms with Crippen LogP contribution in [0, 0.1) is 0 Å². The van der Waals surface area contributed by atoms with Gasteiger partial charge in [0.05, 0.1) is 17.4 Å². The number of nitrogens with zero attached hydrogens (tertiary/aromatic N) is 4. The van der Waals surface area contributed by atoms with Gasteiger partial charge in [-0.05, 0) is 17.7 Å². The lowest BCUT2D eigenvalue weighted by molar-refractivity contribution is -0.142. The van der Waals surface area contributed by atoms with Crippen molar-refractivity contribution in [3.63, 3.8) is 0 Å². The lowest BCUT2D eigenvalue weighted by Gasteiger charge is -2.11. The van der Waals surface area contributed by atoms with Crippen molar-refractivity contribution in [1.29, 1.82) is 0 Å². The Balaban J connectivity index is 1.73. The molecule has 0 saturated carbocycles. The first kappa shape index (κ1) is 19.5. The first-order valence-electron chi connectivity index (χ1n) is 8.67. The highest BCUT2D eigenvalue weighted by molar-refractivity contribution is 5.64. The van der Waals surface area contributed by atoms with Crippen molar-refractivity contribution in [3.05, 3.63) is 72.1 Å². The maximum atomic E-state index is 13.8. The molecule has 2 aromatic heterocycles. The molecule has 152 valence electrons. The number of benzene rings is 2. The summed E-state index contributed by atoms with van der Waals surface area (Å²) in [5, 5.41) is 17.1. The lowest BCUT2D eigenvalue weighted by Crippen LogP contribution is -2.14. The van der Waals surface area contributed by atoms with Gasteiger partial charge in [-0.2, -0.15) is 23.3 Å². The van der Waals surface area contributed by atoms with E-state index in [1.54, 1.807) is 18.2 Å². The maximum Gasteiger partial charge on any atom is 0.434 e. The summed E-state index contributed by atoms with van der Waals surface area (Å²) in [4.78, 5) is 14.7. The molecule has 0 aliphatic heterocycles. The van der Waals surface area contributed by atoms with E-state index in [0.29, 0.717) is 17.4 Å². The molecule has 30 heavy (non-hydrogen) atoms. The summed E-state index contributed by atoms with van der Waals surface area (Å²) in [6, 6.07) is 13.9. The van der Waals surface area contributed by atoms with Crippen LogP contribution >= 0.6 is 0 Å². The second kappa shape index (κ2) is 7.56. The fourth-order valence-electron chi connectivity index (χ4n) is 2.90. The Hall–Kier alpha value is -3.79. The molecule has 4 aromatic rings. The highest BCUT2D eigenvalue weighted by atomic mass is 19.4. The molecule has 2 aromatic carbocycles. The highest BCUT2D eigenvalue weighted by Gasteiger charge is 2.40. The molecule has 0 aliphatic rings. The van der Waals surface area contributed by atoms with Gasteiger partial charge in [0.25, 0.3) is 5.89 Å². The molecule has 0 saturated heterocycles. The van der Waals surface area contributed by atoms with E-state index in [9.17, 15) is 23.1 Å². The van der Waals surface area contributed by atoms with Crippen LogP contribution in [0.3, 0.4) is 0 Å². The molecule has 0 bridgehead atoms. The molecular weight excluding hydrogens is 401 g/mol. The molecule has 10 heteroatoms. The first-order valence-corrected chi connectivity index (χ1v) is 8.67. The number of aromatic nitrogens is 4. The van der Waals surface area contributed by atoms with Crippen molar-refractivity contribution in [3.8, 4) is 28.5 Å². The number of hydrogen-bond donors (Lipinski definition) is 1. The topological polar surface area (TPSA) is 94.0 Å². The van der Waals surface area contributed by atoms with Crippen LogP contribution in [0.25, 0.3) is 28.5 Å². The highest BCUT2D eigenvalue weighted by Crippen LogP contribution is 2.38. The number of aliphatic hydroxyl groups is 1. The van der Waals surface area contributed by atoms with E-state index in [0.717, 1.165) is 10.9 Å². The predicted molar refractivity (Wildman–Crippen MR) is 98.3 cm³/mol. The molecule has 0 aliphatic carbocycles. The molecule has 1 unspecified atom stereocenters. The lowest BCUT2D eigenvalue weighted by atomic mass is 10.1. The minimum atomic E-state index is -4.72. The Morgan fingerprint density at radius 3 is 2.40 bits per heavy atom. The molecule has 1 N–H and O–H groups in total. The number of para-hydroxylation sites is 1. The zero-order valence-electron chi connectivity index (χ0n) is 15.1. The van der Waals surface area contributed by atoms with Crippen molar-refractivity contribution >= 4 is 6.29 Å². The smallest absolute Gasteiger partial charge is 0.381 e. The van der Waals surface area contributed by atoms with Gasteiger partial charge in [0, 0.05) is 5.56 Å². The zero-order chi connectivity index (χ0) is 21.3. The van der Waals surface area contributed by atoms with Crippen molar-refractivity contribution in [2.24, 2.45) is 0 Å². The van der Waals surface area contributed by atoms with Crippen LogP contribution in [0.5, 0.6) is 0 Å². The number of hydrogen-bond acceptors (Lipinski definition) is 6. The normalized spacial score (nSPS) is 12.7. The van der Waals surface area contributed by atoms with Gasteiger partial charge in [0.2, 0.25) is 5.82 Å². The van der Waals surface area contributed by atoms with E-state index in [2.05, 4.69) is 15.2 Å². The number of halogens is 3. The van der Waals surface area contributed by atoms with E-state index < -0.39 is 18.0 Å². The van der Waals surface area contributed by atoms with Crippen LogP contribution in [-0.4, -0.2) is 31.3 Å². The number of carbonyl (C=O) groups excluding carboxylic acids is 1. The summed E-state index contributed by atoms with van der Waals surface area (Å²) in [7, 11) is 0. The van der Waals surface area contributed by atoms with Crippen molar-refractivity contribution in [1.82, 2.24) is 19.9 Å². The van der Waals surface area contributed by atoms with Crippen LogP contribution in [0.2, 0.25) is 0 Å². The zero-order valence-corrected chi connectivity index (χ0v) is 15.1. The van der Waals surface area contributed by atoms with Crippen molar-refractivity contribution in [2.75, 3.05) is 0 Å². The average Bonchev–Trinajstić information content (AvgIpc) is 3.41. The van der Waals surface area contributed by atoms with E-state index in [1.807, 2.05) is 0 Å². The molecule has 7 nitrogen and oxygen atoms in total. The van der Waals surface area contributed by atoms with Crippen molar-refractivity contribution < 1.29 is 27.6 Å². The average molecular weight is 414 g/mol. The van der Waals surface area contributed by atoms with E-state index >= 15 is 0 Å². The number of carbonyl (C=O) groups is 1. The molecule has 0 spiro atoms. The SMILES string of the molecule is O=CC(O)c1ccc(-c2noc(-c3cnn(-c4ccccc4)c3C(F)(F)F)n2)cc1. The molecule has 4 rings (SSSR count). The third-order valence-corrected chi connectivity index (χ3v) is 4.33. The Morgan fingerprint density at radius 2 is 1.77 bits per heavy atom. The van der Waals surface area contributed by atoms with Gasteiger partial charge in [-0.1, -0.05) is 47.6 Å². The van der Waals surface area contributed by atoms with E-state index in [1.165, 1.54) is 36.4 Å². The quantitative estimate of drug-likeness (QED) is 0.499. The van der Waals surface area contributed by atoms with Crippen LogP contribution < -0.4 is 0 Å². The monoisotopic (exact) mass is 414 g/mol. The Bertz CT molecular complexity index is 1170. The molecule has 0 fully saturated rings. The van der Waals surface area contributed by atoms with Crippen molar-refractivity contribution in [2.45, 2.75) is 12.3 Å². The fraction of sp³-hybridized carbons (Fsp3) is 0.100. The van der Waals surface area contributed by atoms with Crippen LogP contribution in [0.15, 0.2) is 65.3 Å². The van der Waals surface area contributed by atoms with Gasteiger partial charge in [-0.3, -0.25) is 0 Å². The largest absolute Gasteiger partial charge is 0.434 e. The number of aliphatic hydroxyl groups excluding tert-OH is 1. The Labute approximate surface area is 167 Å². The molecule has 0 amide bonds. The molecule has 2 heterocycles. The summed E-state index contributed by atoms with van der Waals surface area (Å²) >= 11 is 0. The third-order valence-electron chi connectivity index (χ3n) is 4.33. The van der Waals surface area contributed by atoms with Gasteiger partial charge in [0.1, 0.15) is 6.10 Å². The number of rotatable bonds is 5. The van der Waals surface area contributed by atoms with E-state index in [4.69, 9.17) is 4.52 Å². The summed E-state index contributed by atoms with van der Waals surface area (Å²) in [6.45, 7) is 0. The second-order valence-corrected chi connectivity index (χ2v) is 6.28. The molecular formula is C20H13F3N4O3. The van der Waals surface area contributed by atoms with Gasteiger partial charge in [-0.15, -0.1) is 0 Å². The summed E-state index contributed by atoms with van der Waals surface area (Å²) in [6.07, 6.45) is -4.58. The van der Waals surface area contributed by atoms with Gasteiger partial charge >= 0.3 is 6.18 Å². The Morgan fingerprint density at radius 1 is 1.07 bits per heavy atom. The van der Waals surface area contributed by atoms with Gasteiger partial charge < -0.3 is 14.4 Å². The minimum absolute atomic E-state index is 0.0535. The molecule has 0 radical (unpaired) electrons. The third kappa shape index (κ3) is 3.60. The maximum absolute atomic E-state index is 13.8. The first-order chi connectivity index (χ1) is 14.4. The van der Waals surface area contributed by atoms with Gasteiger partial charge in [-0.25, -0.2) is 4.68 Å². The minimum Gasteiger partial charge on any atom is -0.381 e. The van der Waals surface area contributed by atoms with Crippen LogP contribution in [0.1, 0.15) is 17.4 Å². The number of aldehydes is 1. The summed E-state index contributed by atoms with van der Waals surface area (Å²) in [5.41, 5.74) is -0.344. The Kier molecular flexibility index (Phi) is 4.92. The van der Waals surface area contributed by atoms with Crippen LogP contribution in [0.4, 0.5) is 13.2 Å². The summed E-state index contributed by atoms with van der Waals surface area (Å²) in [5.74, 6) is -0.283. The molecule has 1 atom stereocenters. The fourth-order valence-corrected chi connectivity index (χ4v) is 2.90. The standard InChI is InChI=1S/C20H13F3N4O3/c21-20(22,23)17-15(10-24-27(17)14-4-2-1-3-5-14)19-25-18(26-30-19)13-8-6-12(7-9-13)16(29)11-28/h1-11,16,29H. The second-order valence-electron chi connectivity index (χ2n) is 6.28. The van der Waals surface area contributed by atoms with E-state index in [-0.39, 0.29) is 23.0 Å². The predicted octanol–water partition coefficient (Wildman–Crippen LogP) is 3.84.